The summed E-state index contributed by atoms with van der Waals surface area (Å²) >= 11 is 12.1. The predicted octanol–water partition coefficient (Wildman–Crippen LogP) is 4.35. The summed E-state index contributed by atoms with van der Waals surface area (Å²) in [5.74, 6) is -0.0619. The molecule has 0 aromatic heterocycles. The molecule has 2 aromatic rings. The van der Waals surface area contributed by atoms with Crippen LogP contribution in [0, 0.1) is 6.92 Å². The van der Waals surface area contributed by atoms with Gasteiger partial charge in [-0.15, -0.1) is 0 Å². The van der Waals surface area contributed by atoms with Gasteiger partial charge in [0.2, 0.25) is 15.9 Å². The van der Waals surface area contributed by atoms with Crippen molar-refractivity contribution >= 4 is 44.8 Å². The lowest BCUT2D eigenvalue weighted by Gasteiger charge is -2.21. The van der Waals surface area contributed by atoms with Gasteiger partial charge in [0.15, 0.2) is 0 Å². The minimum atomic E-state index is -3.90. The van der Waals surface area contributed by atoms with Gasteiger partial charge in [0.1, 0.15) is 5.75 Å². The highest BCUT2D eigenvalue weighted by Gasteiger charge is 2.26. The number of sulfonamides is 1. The summed E-state index contributed by atoms with van der Waals surface area (Å²) in [6, 6.07) is 9.34. The standard InChI is InChI=1S/C19H22Cl2N2O4S/c1-4-23(12-19(24)22-17-10-14(20)7-6-13(17)3)28(25,26)15-8-9-18(27-5-2)16(21)11-15/h6-11H,4-5,12H2,1-3H3,(H,22,24). The van der Waals surface area contributed by atoms with Gasteiger partial charge in [-0.2, -0.15) is 4.31 Å². The highest BCUT2D eigenvalue weighted by atomic mass is 35.5. The largest absolute Gasteiger partial charge is 0.492 e. The molecule has 0 atom stereocenters. The van der Waals surface area contributed by atoms with Gasteiger partial charge >= 0.3 is 0 Å². The van der Waals surface area contributed by atoms with Crippen LogP contribution in [-0.4, -0.2) is 38.3 Å². The number of nitrogens with zero attached hydrogens (tertiary/aromatic N) is 1. The minimum absolute atomic E-state index is 0.00506. The molecular formula is C19H22Cl2N2O4S. The fourth-order valence-electron chi connectivity index (χ4n) is 2.51. The first kappa shape index (κ1) is 22.5. The molecule has 2 rings (SSSR count). The Morgan fingerprint density at radius 2 is 1.86 bits per heavy atom. The average molecular weight is 445 g/mol. The van der Waals surface area contributed by atoms with Crippen molar-refractivity contribution in [3.05, 3.63) is 52.0 Å². The van der Waals surface area contributed by atoms with Crippen LogP contribution in [-0.2, 0) is 14.8 Å². The molecule has 0 saturated carbocycles. The van der Waals surface area contributed by atoms with Crippen LogP contribution >= 0.6 is 23.2 Å². The van der Waals surface area contributed by atoms with Gasteiger partial charge in [0.05, 0.1) is 23.1 Å². The van der Waals surface area contributed by atoms with Crippen LogP contribution in [0.25, 0.3) is 0 Å². The van der Waals surface area contributed by atoms with Crippen molar-refractivity contribution in [2.75, 3.05) is 25.0 Å². The fourth-order valence-corrected chi connectivity index (χ4v) is 4.41. The molecule has 0 heterocycles. The van der Waals surface area contributed by atoms with E-state index in [2.05, 4.69) is 5.32 Å². The van der Waals surface area contributed by atoms with E-state index in [-0.39, 0.29) is 23.0 Å². The van der Waals surface area contributed by atoms with Crippen LogP contribution in [0.3, 0.4) is 0 Å². The number of carbonyl (C=O) groups excluding carboxylic acids is 1. The SMILES string of the molecule is CCOc1ccc(S(=O)(=O)N(CC)CC(=O)Nc2cc(Cl)ccc2C)cc1Cl. The molecule has 0 spiro atoms. The van der Waals surface area contributed by atoms with Crippen LogP contribution in [0.15, 0.2) is 41.3 Å². The Hall–Kier alpha value is -1.80. The van der Waals surface area contributed by atoms with E-state index in [0.29, 0.717) is 23.1 Å². The molecule has 1 amide bonds. The van der Waals surface area contributed by atoms with Crippen LogP contribution in [0.5, 0.6) is 5.75 Å². The molecule has 9 heteroatoms. The van der Waals surface area contributed by atoms with E-state index in [4.69, 9.17) is 27.9 Å². The summed E-state index contributed by atoms with van der Waals surface area (Å²) in [6.07, 6.45) is 0. The van der Waals surface area contributed by atoms with Gasteiger partial charge in [-0.05, 0) is 49.7 Å². The summed E-state index contributed by atoms with van der Waals surface area (Å²) in [4.78, 5) is 12.4. The maximum Gasteiger partial charge on any atom is 0.243 e. The molecule has 0 aliphatic carbocycles. The number of carbonyl (C=O) groups is 1. The zero-order chi connectivity index (χ0) is 20.9. The van der Waals surface area contributed by atoms with Gasteiger partial charge in [-0.1, -0.05) is 36.2 Å². The molecule has 0 unspecified atom stereocenters. The number of nitrogens with one attached hydrogen (secondary N) is 1. The monoisotopic (exact) mass is 444 g/mol. The Morgan fingerprint density at radius 3 is 2.46 bits per heavy atom. The normalized spacial score (nSPS) is 11.5. The molecule has 0 aliphatic rings. The van der Waals surface area contributed by atoms with Crippen molar-refractivity contribution in [3.8, 4) is 5.75 Å². The topological polar surface area (TPSA) is 75.7 Å². The average Bonchev–Trinajstić information content (AvgIpc) is 2.64. The number of ether oxygens (including phenoxy) is 1. The van der Waals surface area contributed by atoms with Crippen molar-refractivity contribution in [1.82, 2.24) is 4.31 Å². The maximum absolute atomic E-state index is 12.9. The summed E-state index contributed by atoms with van der Waals surface area (Å²) in [5, 5.41) is 3.37. The number of amides is 1. The van der Waals surface area contributed by atoms with E-state index in [1.807, 2.05) is 6.92 Å². The van der Waals surface area contributed by atoms with Gasteiger partial charge < -0.3 is 10.1 Å². The van der Waals surface area contributed by atoms with E-state index >= 15 is 0 Å². The Balaban J connectivity index is 2.20. The molecule has 2 aromatic carbocycles. The summed E-state index contributed by atoms with van der Waals surface area (Å²) < 4.78 is 32.2. The van der Waals surface area contributed by atoms with Crippen molar-refractivity contribution in [1.29, 1.82) is 0 Å². The smallest absolute Gasteiger partial charge is 0.243 e. The third-order valence-electron chi connectivity index (χ3n) is 3.99. The summed E-state index contributed by atoms with van der Waals surface area (Å²) in [6.45, 7) is 5.48. The molecular weight excluding hydrogens is 423 g/mol. The third kappa shape index (κ3) is 5.38. The molecule has 0 bridgehead atoms. The Kier molecular flexibility index (Phi) is 7.71. The van der Waals surface area contributed by atoms with Gasteiger partial charge in [-0.3, -0.25) is 4.79 Å². The van der Waals surface area contributed by atoms with Gasteiger partial charge in [0.25, 0.3) is 0 Å². The first-order chi connectivity index (χ1) is 13.2. The maximum atomic E-state index is 12.9. The molecule has 28 heavy (non-hydrogen) atoms. The zero-order valence-corrected chi connectivity index (χ0v) is 18.2. The lowest BCUT2D eigenvalue weighted by Crippen LogP contribution is -2.37. The number of hydrogen-bond acceptors (Lipinski definition) is 4. The second-order valence-electron chi connectivity index (χ2n) is 5.96. The quantitative estimate of drug-likeness (QED) is 0.656. The number of rotatable bonds is 8. The Bertz CT molecular complexity index is 964. The molecule has 6 nitrogen and oxygen atoms in total. The van der Waals surface area contributed by atoms with Crippen molar-refractivity contribution in [3.63, 3.8) is 0 Å². The van der Waals surface area contributed by atoms with Crippen LogP contribution < -0.4 is 10.1 Å². The lowest BCUT2D eigenvalue weighted by molar-refractivity contribution is -0.116. The van der Waals surface area contributed by atoms with Crippen molar-refractivity contribution in [2.45, 2.75) is 25.7 Å². The zero-order valence-electron chi connectivity index (χ0n) is 15.8. The van der Waals surface area contributed by atoms with Crippen molar-refractivity contribution < 1.29 is 17.9 Å². The second-order valence-corrected chi connectivity index (χ2v) is 8.75. The van der Waals surface area contributed by atoms with Crippen LogP contribution in [0.2, 0.25) is 10.0 Å². The summed E-state index contributed by atoms with van der Waals surface area (Å²) in [7, 11) is -3.90. The van der Waals surface area contributed by atoms with E-state index < -0.39 is 15.9 Å². The second kappa shape index (κ2) is 9.60. The molecule has 0 saturated heterocycles. The van der Waals surface area contributed by atoms with E-state index in [0.717, 1.165) is 9.87 Å². The van der Waals surface area contributed by atoms with E-state index in [1.165, 1.54) is 18.2 Å². The van der Waals surface area contributed by atoms with E-state index in [9.17, 15) is 13.2 Å². The first-order valence-corrected chi connectivity index (χ1v) is 10.9. The number of anilines is 1. The molecule has 0 radical (unpaired) electrons. The summed E-state index contributed by atoms with van der Waals surface area (Å²) in [5.41, 5.74) is 1.36. The number of aryl methyl sites for hydroxylation is 1. The third-order valence-corrected chi connectivity index (χ3v) is 6.43. The predicted molar refractivity (Wildman–Crippen MR) is 112 cm³/mol. The minimum Gasteiger partial charge on any atom is -0.492 e. The Labute approximate surface area is 175 Å². The van der Waals surface area contributed by atoms with Crippen LogP contribution in [0.1, 0.15) is 19.4 Å². The lowest BCUT2D eigenvalue weighted by atomic mass is 10.2. The number of hydrogen-bond donors (Lipinski definition) is 1. The van der Waals surface area contributed by atoms with Crippen LogP contribution in [0.4, 0.5) is 5.69 Å². The van der Waals surface area contributed by atoms with Gasteiger partial charge in [-0.25, -0.2) is 8.42 Å². The molecule has 0 fully saturated rings. The Morgan fingerprint density at radius 1 is 1.14 bits per heavy atom. The molecule has 152 valence electrons. The highest BCUT2D eigenvalue weighted by Crippen LogP contribution is 2.29. The number of likely N-dealkylation sites (N-methyl/N-ethyl adjacent to an activating group) is 1. The number of halogens is 2. The molecule has 1 N–H and O–H groups in total. The number of benzene rings is 2. The first-order valence-electron chi connectivity index (χ1n) is 8.67. The fraction of sp³-hybridized carbons (Fsp3) is 0.316. The molecule has 0 aliphatic heterocycles. The highest BCUT2D eigenvalue weighted by molar-refractivity contribution is 7.89. The van der Waals surface area contributed by atoms with E-state index in [1.54, 1.807) is 32.0 Å². The van der Waals surface area contributed by atoms with Crippen molar-refractivity contribution in [2.24, 2.45) is 0 Å². The van der Waals surface area contributed by atoms with Gasteiger partial charge in [0, 0.05) is 17.3 Å².